The van der Waals surface area contributed by atoms with Crippen LogP contribution >= 0.6 is 0 Å². The fourth-order valence-electron chi connectivity index (χ4n) is 3.40. The molecule has 1 saturated carbocycles. The van der Waals surface area contributed by atoms with Crippen LogP contribution in [0.2, 0.25) is 0 Å². The summed E-state index contributed by atoms with van der Waals surface area (Å²) in [6, 6.07) is 2.22. The van der Waals surface area contributed by atoms with Gasteiger partial charge in [-0.2, -0.15) is 5.10 Å². The van der Waals surface area contributed by atoms with Crippen LogP contribution in [0, 0.1) is 5.41 Å². The monoisotopic (exact) mass is 275 g/mol. The van der Waals surface area contributed by atoms with Gasteiger partial charge >= 0.3 is 0 Å². The number of aromatic amines is 1. The number of aliphatic hydroxyl groups excluding tert-OH is 1. The second-order valence-electron chi connectivity index (χ2n) is 6.56. The molecule has 0 radical (unpaired) electrons. The van der Waals surface area contributed by atoms with Crippen LogP contribution in [-0.2, 0) is 6.54 Å². The fourth-order valence-corrected chi connectivity index (χ4v) is 3.40. The Bertz CT molecular complexity index is 466. The van der Waals surface area contributed by atoms with Crippen molar-refractivity contribution < 1.29 is 5.11 Å². The van der Waals surface area contributed by atoms with Gasteiger partial charge in [-0.25, -0.2) is 0 Å². The van der Waals surface area contributed by atoms with E-state index in [2.05, 4.69) is 27.7 Å². The average molecular weight is 275 g/mol. The Kier molecular flexibility index (Phi) is 3.94. The zero-order valence-corrected chi connectivity index (χ0v) is 12.1. The third-order valence-electron chi connectivity index (χ3n) is 4.69. The van der Waals surface area contributed by atoms with Gasteiger partial charge in [0, 0.05) is 30.1 Å². The van der Waals surface area contributed by atoms with E-state index < -0.39 is 0 Å². The van der Waals surface area contributed by atoms with E-state index in [0.717, 1.165) is 38.9 Å². The van der Waals surface area contributed by atoms with Crippen LogP contribution < -0.4 is 0 Å². The van der Waals surface area contributed by atoms with Crippen molar-refractivity contribution in [2.75, 3.05) is 19.7 Å². The predicted octanol–water partition coefficient (Wildman–Crippen LogP) is 2.44. The first-order chi connectivity index (χ1) is 9.74. The second-order valence-corrected chi connectivity index (χ2v) is 6.56. The number of allylic oxidation sites excluding steroid dienone is 1. The topological polar surface area (TPSA) is 52.1 Å². The Balaban J connectivity index is 1.62. The summed E-state index contributed by atoms with van der Waals surface area (Å²) in [5.41, 5.74) is 2.45. The third-order valence-corrected chi connectivity index (χ3v) is 4.69. The number of H-pyrrole nitrogens is 1. The summed E-state index contributed by atoms with van der Waals surface area (Å²) >= 11 is 0. The van der Waals surface area contributed by atoms with Crippen molar-refractivity contribution in [2.45, 2.75) is 44.6 Å². The SMILES string of the molecule is C=CC[C@@]1(CO)CCCN(Cc2cc(C3CC3)n[nH]2)C1. The number of nitrogens with zero attached hydrogens (tertiary/aromatic N) is 2. The van der Waals surface area contributed by atoms with E-state index in [1.807, 2.05) is 6.08 Å². The lowest BCUT2D eigenvalue weighted by Gasteiger charge is -2.41. The van der Waals surface area contributed by atoms with Crippen molar-refractivity contribution in [2.24, 2.45) is 5.41 Å². The summed E-state index contributed by atoms with van der Waals surface area (Å²) in [7, 11) is 0. The predicted molar refractivity (Wildman–Crippen MR) is 79.4 cm³/mol. The van der Waals surface area contributed by atoms with Crippen LogP contribution in [0.4, 0.5) is 0 Å². The minimum atomic E-state index is 0.0132. The van der Waals surface area contributed by atoms with Gasteiger partial charge < -0.3 is 5.11 Å². The van der Waals surface area contributed by atoms with Gasteiger partial charge in [0.05, 0.1) is 12.3 Å². The summed E-state index contributed by atoms with van der Waals surface area (Å²) in [5.74, 6) is 0.707. The first kappa shape index (κ1) is 13.8. The molecule has 1 aromatic rings. The smallest absolute Gasteiger partial charge is 0.0656 e. The number of hydrogen-bond acceptors (Lipinski definition) is 3. The molecule has 1 aliphatic carbocycles. The number of rotatable bonds is 6. The lowest BCUT2D eigenvalue weighted by Crippen LogP contribution is -2.44. The molecule has 0 amide bonds. The molecule has 2 heterocycles. The lowest BCUT2D eigenvalue weighted by atomic mass is 9.78. The van der Waals surface area contributed by atoms with Crippen molar-refractivity contribution in [1.29, 1.82) is 0 Å². The van der Waals surface area contributed by atoms with E-state index >= 15 is 0 Å². The fraction of sp³-hybridized carbons (Fsp3) is 0.688. The zero-order valence-electron chi connectivity index (χ0n) is 12.1. The van der Waals surface area contributed by atoms with E-state index in [1.165, 1.54) is 24.2 Å². The zero-order chi connectivity index (χ0) is 14.0. The van der Waals surface area contributed by atoms with Crippen LogP contribution in [0.15, 0.2) is 18.7 Å². The normalized spacial score (nSPS) is 27.6. The van der Waals surface area contributed by atoms with E-state index in [4.69, 9.17) is 0 Å². The van der Waals surface area contributed by atoms with Gasteiger partial charge in [-0.3, -0.25) is 10.00 Å². The van der Waals surface area contributed by atoms with Crippen LogP contribution in [0.5, 0.6) is 0 Å². The summed E-state index contributed by atoms with van der Waals surface area (Å²) in [6.07, 6.45) is 7.68. The highest BCUT2D eigenvalue weighted by Crippen LogP contribution is 2.39. The quantitative estimate of drug-likeness (QED) is 0.784. The first-order valence-corrected chi connectivity index (χ1v) is 7.73. The number of aromatic nitrogens is 2. The molecule has 0 aromatic carbocycles. The van der Waals surface area contributed by atoms with Crippen molar-refractivity contribution in [1.82, 2.24) is 15.1 Å². The minimum Gasteiger partial charge on any atom is -0.396 e. The van der Waals surface area contributed by atoms with Crippen molar-refractivity contribution in [3.8, 4) is 0 Å². The third kappa shape index (κ3) is 2.96. The Labute approximate surface area is 120 Å². The Morgan fingerprint density at radius 3 is 3.10 bits per heavy atom. The summed E-state index contributed by atoms with van der Waals surface area (Å²) in [6.45, 7) is 7.07. The molecule has 2 fully saturated rings. The molecule has 0 spiro atoms. The average Bonchev–Trinajstić information content (AvgIpc) is 3.20. The van der Waals surface area contributed by atoms with Gasteiger partial charge in [-0.05, 0) is 44.7 Å². The maximum absolute atomic E-state index is 9.75. The molecule has 4 heteroatoms. The Morgan fingerprint density at radius 1 is 1.55 bits per heavy atom. The maximum atomic E-state index is 9.75. The summed E-state index contributed by atoms with van der Waals surface area (Å²) in [5, 5.41) is 17.3. The van der Waals surface area contributed by atoms with Crippen LogP contribution in [-0.4, -0.2) is 39.9 Å². The Hall–Kier alpha value is -1.13. The maximum Gasteiger partial charge on any atom is 0.0656 e. The number of likely N-dealkylation sites (tertiary alicyclic amines) is 1. The molecule has 3 rings (SSSR count). The minimum absolute atomic E-state index is 0.0132. The van der Waals surface area contributed by atoms with Gasteiger partial charge in [0.25, 0.3) is 0 Å². The summed E-state index contributed by atoms with van der Waals surface area (Å²) < 4.78 is 0. The highest BCUT2D eigenvalue weighted by atomic mass is 16.3. The van der Waals surface area contributed by atoms with Crippen LogP contribution in [0.3, 0.4) is 0 Å². The number of nitrogens with one attached hydrogen (secondary N) is 1. The largest absolute Gasteiger partial charge is 0.396 e. The number of piperidine rings is 1. The standard InChI is InChI=1S/C16H25N3O/c1-2-6-16(12-20)7-3-8-19(11-16)10-14-9-15(18-17-14)13-4-5-13/h2,9,13,20H,1,3-8,10-12H2,(H,17,18)/t16-/m1/s1. The molecule has 0 unspecified atom stereocenters. The molecule has 1 aromatic heterocycles. The van der Waals surface area contributed by atoms with Crippen molar-refractivity contribution in [3.05, 3.63) is 30.1 Å². The van der Waals surface area contributed by atoms with E-state index in [1.54, 1.807) is 0 Å². The first-order valence-electron chi connectivity index (χ1n) is 7.73. The molecule has 2 N–H and O–H groups in total. The molecule has 0 bridgehead atoms. The second kappa shape index (κ2) is 5.70. The molecule has 1 aliphatic heterocycles. The highest BCUT2D eigenvalue weighted by Gasteiger charge is 2.34. The van der Waals surface area contributed by atoms with Gasteiger partial charge in [-0.1, -0.05) is 6.08 Å². The molecular weight excluding hydrogens is 250 g/mol. The van der Waals surface area contributed by atoms with E-state index in [-0.39, 0.29) is 12.0 Å². The number of aliphatic hydroxyl groups is 1. The van der Waals surface area contributed by atoms with Gasteiger partial charge in [0.1, 0.15) is 0 Å². The molecule has 1 atom stereocenters. The lowest BCUT2D eigenvalue weighted by molar-refractivity contribution is 0.0304. The molecule has 1 saturated heterocycles. The summed E-state index contributed by atoms with van der Waals surface area (Å²) in [4.78, 5) is 2.44. The van der Waals surface area contributed by atoms with E-state index in [0.29, 0.717) is 5.92 Å². The molecule has 20 heavy (non-hydrogen) atoms. The molecule has 4 nitrogen and oxygen atoms in total. The van der Waals surface area contributed by atoms with Gasteiger partial charge in [0.2, 0.25) is 0 Å². The van der Waals surface area contributed by atoms with Gasteiger partial charge in [-0.15, -0.1) is 6.58 Å². The Morgan fingerprint density at radius 2 is 2.40 bits per heavy atom. The van der Waals surface area contributed by atoms with E-state index in [9.17, 15) is 5.11 Å². The van der Waals surface area contributed by atoms with Crippen molar-refractivity contribution in [3.63, 3.8) is 0 Å². The number of hydrogen-bond donors (Lipinski definition) is 2. The van der Waals surface area contributed by atoms with Gasteiger partial charge in [0.15, 0.2) is 0 Å². The highest BCUT2D eigenvalue weighted by molar-refractivity contribution is 5.17. The molecule has 2 aliphatic rings. The van der Waals surface area contributed by atoms with Crippen LogP contribution in [0.1, 0.15) is 49.4 Å². The van der Waals surface area contributed by atoms with Crippen LogP contribution in [0.25, 0.3) is 0 Å². The van der Waals surface area contributed by atoms with Crippen molar-refractivity contribution >= 4 is 0 Å². The molecule has 110 valence electrons. The molecular formula is C16H25N3O.